The van der Waals surface area contributed by atoms with Crippen molar-refractivity contribution < 1.29 is 4.74 Å². The average Bonchev–Trinajstić information content (AvgIpc) is 3.27. The third kappa shape index (κ3) is 3.71. The maximum atomic E-state index is 6.16. The number of aromatic nitrogens is 2. The molecule has 110 valence electrons. The van der Waals surface area contributed by atoms with E-state index in [0.29, 0.717) is 11.9 Å². The number of aryl methyl sites for hydroxylation is 2. The van der Waals surface area contributed by atoms with Crippen LogP contribution in [-0.2, 0) is 6.54 Å². The molecule has 1 aliphatic carbocycles. The molecule has 21 heavy (non-hydrogen) atoms. The number of nitrogens with zero attached hydrogens (tertiary/aromatic N) is 2. The minimum atomic E-state index is 0.506. The summed E-state index contributed by atoms with van der Waals surface area (Å²) in [7, 11) is 0. The summed E-state index contributed by atoms with van der Waals surface area (Å²) in [5.41, 5.74) is 2.87. The van der Waals surface area contributed by atoms with E-state index in [1.807, 2.05) is 26.0 Å². The van der Waals surface area contributed by atoms with E-state index in [9.17, 15) is 0 Å². The predicted octanol–water partition coefficient (Wildman–Crippen LogP) is 3.79. The summed E-state index contributed by atoms with van der Waals surface area (Å²) in [5.74, 6) is 1.24. The van der Waals surface area contributed by atoms with Gasteiger partial charge in [0.25, 0.3) is 0 Å². The van der Waals surface area contributed by atoms with Crippen LogP contribution in [0, 0.1) is 13.8 Å². The second-order valence-electron chi connectivity index (χ2n) is 5.48. The van der Waals surface area contributed by atoms with Crippen LogP contribution >= 0.6 is 11.6 Å². The van der Waals surface area contributed by atoms with Crippen molar-refractivity contribution in [1.82, 2.24) is 15.3 Å². The van der Waals surface area contributed by atoms with Crippen LogP contribution in [0.25, 0.3) is 0 Å². The molecule has 0 spiro atoms. The first-order chi connectivity index (χ1) is 10.1. The highest BCUT2D eigenvalue weighted by Gasteiger charge is 2.20. The maximum Gasteiger partial charge on any atom is 0.238 e. The van der Waals surface area contributed by atoms with Crippen LogP contribution in [0.15, 0.2) is 24.5 Å². The van der Waals surface area contributed by atoms with E-state index in [2.05, 4.69) is 15.3 Å². The zero-order valence-corrected chi connectivity index (χ0v) is 12.9. The fourth-order valence-corrected chi connectivity index (χ4v) is 2.25. The Balaban J connectivity index is 1.73. The van der Waals surface area contributed by atoms with Gasteiger partial charge in [0.2, 0.25) is 5.88 Å². The van der Waals surface area contributed by atoms with Crippen molar-refractivity contribution in [2.24, 2.45) is 0 Å². The number of benzene rings is 1. The Hall–Kier alpha value is -1.65. The number of halogens is 1. The fourth-order valence-electron chi connectivity index (χ4n) is 2.14. The Bertz CT molecular complexity index is 633. The third-order valence-electron chi connectivity index (χ3n) is 3.44. The molecule has 0 radical (unpaired) electrons. The van der Waals surface area contributed by atoms with Crippen LogP contribution in [0.1, 0.15) is 29.7 Å². The molecular formula is C16H18ClN3O. The topological polar surface area (TPSA) is 47.0 Å². The van der Waals surface area contributed by atoms with Gasteiger partial charge in [-0.15, -0.1) is 0 Å². The normalized spacial score (nSPS) is 14.2. The summed E-state index contributed by atoms with van der Waals surface area (Å²) in [6, 6.07) is 4.47. The molecule has 1 aliphatic rings. The minimum Gasteiger partial charge on any atom is -0.437 e. The second kappa shape index (κ2) is 6.00. The van der Waals surface area contributed by atoms with Gasteiger partial charge in [-0.1, -0.05) is 11.6 Å². The van der Waals surface area contributed by atoms with Gasteiger partial charge in [-0.2, -0.15) is 0 Å². The van der Waals surface area contributed by atoms with E-state index < -0.39 is 0 Å². The fraction of sp³-hybridized carbons (Fsp3) is 0.375. The molecule has 1 heterocycles. The summed E-state index contributed by atoms with van der Waals surface area (Å²) in [5, 5.41) is 4.19. The zero-order chi connectivity index (χ0) is 14.8. The summed E-state index contributed by atoms with van der Waals surface area (Å²) in [6.07, 6.45) is 5.90. The summed E-state index contributed by atoms with van der Waals surface area (Å²) in [6.45, 7) is 4.65. The Morgan fingerprint density at radius 2 is 1.95 bits per heavy atom. The lowest BCUT2D eigenvalue weighted by molar-refractivity contribution is 0.455. The molecule has 5 heteroatoms. The summed E-state index contributed by atoms with van der Waals surface area (Å²) in [4.78, 5) is 8.66. The number of hydrogen-bond acceptors (Lipinski definition) is 4. The van der Waals surface area contributed by atoms with Gasteiger partial charge >= 0.3 is 0 Å². The lowest BCUT2D eigenvalue weighted by Crippen LogP contribution is -2.16. The Morgan fingerprint density at radius 3 is 2.62 bits per heavy atom. The van der Waals surface area contributed by atoms with Gasteiger partial charge in [-0.05, 0) is 49.9 Å². The first-order valence-electron chi connectivity index (χ1n) is 7.11. The van der Waals surface area contributed by atoms with E-state index in [1.165, 1.54) is 12.8 Å². The molecule has 0 atom stereocenters. The Morgan fingerprint density at radius 1 is 1.24 bits per heavy atom. The molecule has 0 bridgehead atoms. The molecule has 0 aliphatic heterocycles. The minimum absolute atomic E-state index is 0.506. The van der Waals surface area contributed by atoms with E-state index in [0.717, 1.165) is 34.1 Å². The Kier molecular flexibility index (Phi) is 4.08. The monoisotopic (exact) mass is 303 g/mol. The molecule has 1 saturated carbocycles. The van der Waals surface area contributed by atoms with Crippen molar-refractivity contribution in [3.8, 4) is 11.6 Å². The number of rotatable bonds is 5. The summed E-state index contributed by atoms with van der Waals surface area (Å²) < 4.78 is 5.80. The molecular weight excluding hydrogens is 286 g/mol. The van der Waals surface area contributed by atoms with Gasteiger partial charge in [0.05, 0.1) is 11.9 Å². The smallest absolute Gasteiger partial charge is 0.238 e. The molecule has 3 rings (SSSR count). The highest BCUT2D eigenvalue weighted by molar-refractivity contribution is 6.32. The molecule has 0 saturated heterocycles. The van der Waals surface area contributed by atoms with Gasteiger partial charge in [0.1, 0.15) is 5.75 Å². The van der Waals surface area contributed by atoms with Gasteiger partial charge < -0.3 is 10.1 Å². The lowest BCUT2D eigenvalue weighted by atomic mass is 10.1. The first kappa shape index (κ1) is 14.3. The van der Waals surface area contributed by atoms with Crippen LogP contribution in [0.2, 0.25) is 5.02 Å². The number of ether oxygens (including phenoxy) is 1. The zero-order valence-electron chi connectivity index (χ0n) is 12.2. The standard InChI is InChI=1S/C16H18ClN3O/c1-10-5-14(6-11(2)16(10)17)21-15-9-18-7-13(20-15)8-19-12-3-4-12/h5-7,9,12,19H,3-4,8H2,1-2H3. The van der Waals surface area contributed by atoms with E-state index >= 15 is 0 Å². The highest BCUT2D eigenvalue weighted by atomic mass is 35.5. The summed E-state index contributed by atoms with van der Waals surface area (Å²) >= 11 is 6.16. The van der Waals surface area contributed by atoms with Crippen molar-refractivity contribution in [2.45, 2.75) is 39.3 Å². The van der Waals surface area contributed by atoms with Crippen molar-refractivity contribution in [3.63, 3.8) is 0 Å². The van der Waals surface area contributed by atoms with Crippen LogP contribution in [0.3, 0.4) is 0 Å². The Labute approximate surface area is 129 Å². The molecule has 2 aromatic rings. The molecule has 1 aromatic carbocycles. The van der Waals surface area contributed by atoms with Crippen molar-refractivity contribution in [2.75, 3.05) is 0 Å². The van der Waals surface area contributed by atoms with Gasteiger partial charge in [0, 0.05) is 23.8 Å². The molecule has 1 N–H and O–H groups in total. The first-order valence-corrected chi connectivity index (χ1v) is 7.48. The third-order valence-corrected chi connectivity index (χ3v) is 4.04. The van der Waals surface area contributed by atoms with Crippen molar-refractivity contribution in [1.29, 1.82) is 0 Å². The molecule has 4 nitrogen and oxygen atoms in total. The van der Waals surface area contributed by atoms with E-state index in [4.69, 9.17) is 16.3 Å². The van der Waals surface area contributed by atoms with Crippen LogP contribution < -0.4 is 10.1 Å². The van der Waals surface area contributed by atoms with E-state index in [1.54, 1.807) is 12.4 Å². The van der Waals surface area contributed by atoms with Crippen LogP contribution in [-0.4, -0.2) is 16.0 Å². The molecule has 0 amide bonds. The molecule has 1 fully saturated rings. The highest BCUT2D eigenvalue weighted by Crippen LogP contribution is 2.28. The molecule has 1 aromatic heterocycles. The predicted molar refractivity (Wildman–Crippen MR) is 82.9 cm³/mol. The average molecular weight is 304 g/mol. The van der Waals surface area contributed by atoms with Gasteiger partial charge in [0.15, 0.2) is 0 Å². The molecule has 0 unspecified atom stereocenters. The number of nitrogens with one attached hydrogen (secondary N) is 1. The van der Waals surface area contributed by atoms with Crippen molar-refractivity contribution >= 4 is 11.6 Å². The van der Waals surface area contributed by atoms with Gasteiger partial charge in [-0.3, -0.25) is 4.98 Å². The number of hydrogen-bond donors (Lipinski definition) is 1. The second-order valence-corrected chi connectivity index (χ2v) is 5.85. The lowest BCUT2D eigenvalue weighted by Gasteiger charge is -2.09. The quantitative estimate of drug-likeness (QED) is 0.913. The van der Waals surface area contributed by atoms with Crippen LogP contribution in [0.4, 0.5) is 0 Å². The van der Waals surface area contributed by atoms with E-state index in [-0.39, 0.29) is 0 Å². The maximum absolute atomic E-state index is 6.16. The van der Waals surface area contributed by atoms with Gasteiger partial charge in [-0.25, -0.2) is 4.98 Å². The largest absolute Gasteiger partial charge is 0.437 e. The van der Waals surface area contributed by atoms with Crippen molar-refractivity contribution in [3.05, 3.63) is 46.4 Å². The SMILES string of the molecule is Cc1cc(Oc2cncc(CNC3CC3)n2)cc(C)c1Cl. The van der Waals surface area contributed by atoms with Crippen LogP contribution in [0.5, 0.6) is 11.6 Å².